The zero-order chi connectivity index (χ0) is 25.8. The third kappa shape index (κ3) is 4.63. The number of hydrogen-bond donors (Lipinski definition) is 1. The summed E-state index contributed by atoms with van der Waals surface area (Å²) in [5.41, 5.74) is 9.61. The van der Waals surface area contributed by atoms with E-state index in [0.717, 1.165) is 22.3 Å². The van der Waals surface area contributed by atoms with Crippen LogP contribution in [-0.2, 0) is 4.79 Å². The number of nitriles is 1. The molecule has 1 unspecified atom stereocenters. The molecule has 0 saturated heterocycles. The molecule has 6 nitrogen and oxygen atoms in total. The molecule has 0 aromatic heterocycles. The minimum Gasteiger partial charge on any atom is -0.496 e. The summed E-state index contributed by atoms with van der Waals surface area (Å²) in [5.74, 6) is -0.158. The van der Waals surface area contributed by atoms with E-state index in [9.17, 15) is 10.1 Å². The van der Waals surface area contributed by atoms with Crippen LogP contribution in [0, 0.1) is 11.3 Å². The normalized spacial score (nSPS) is 14.4. The fourth-order valence-corrected chi connectivity index (χ4v) is 4.65. The van der Waals surface area contributed by atoms with Gasteiger partial charge in [-0.2, -0.15) is 5.26 Å². The maximum atomic E-state index is 13.5. The smallest absolute Gasteiger partial charge is 0.323 e. The van der Waals surface area contributed by atoms with Crippen LogP contribution < -0.4 is 19.9 Å². The lowest BCUT2D eigenvalue weighted by atomic mass is 9.83. The highest BCUT2D eigenvalue weighted by Crippen LogP contribution is 2.46. The monoisotopic (exact) mass is 488 g/mol. The van der Waals surface area contributed by atoms with Crippen LogP contribution in [0.25, 0.3) is 0 Å². The number of para-hydroxylation sites is 1. The van der Waals surface area contributed by atoms with Crippen LogP contribution in [-0.4, -0.2) is 13.1 Å². The van der Waals surface area contributed by atoms with Crippen molar-refractivity contribution >= 4 is 5.97 Å². The second-order valence-electron chi connectivity index (χ2n) is 8.54. The largest absolute Gasteiger partial charge is 0.496 e. The van der Waals surface area contributed by atoms with Crippen molar-refractivity contribution in [2.24, 2.45) is 5.73 Å². The lowest BCUT2D eigenvalue weighted by Crippen LogP contribution is -2.22. The highest BCUT2D eigenvalue weighted by atomic mass is 16.5. The second-order valence-corrected chi connectivity index (χ2v) is 8.54. The van der Waals surface area contributed by atoms with Gasteiger partial charge in [0, 0.05) is 17.2 Å². The number of carbonyl (C=O) groups is 1. The lowest BCUT2D eigenvalue weighted by molar-refractivity contribution is -0.135. The van der Waals surface area contributed by atoms with Gasteiger partial charge in [0.15, 0.2) is 0 Å². The molecule has 6 heteroatoms. The van der Waals surface area contributed by atoms with Crippen molar-refractivity contribution in [3.05, 3.63) is 137 Å². The third-order valence-corrected chi connectivity index (χ3v) is 6.36. The van der Waals surface area contributed by atoms with Gasteiger partial charge in [-0.15, -0.1) is 0 Å². The summed E-state index contributed by atoms with van der Waals surface area (Å²) in [5, 5.41) is 9.86. The van der Waals surface area contributed by atoms with E-state index in [2.05, 4.69) is 6.07 Å². The zero-order valence-electron chi connectivity index (χ0n) is 20.1. The van der Waals surface area contributed by atoms with E-state index in [1.54, 1.807) is 25.3 Å². The fourth-order valence-electron chi connectivity index (χ4n) is 4.65. The number of hydrogen-bond acceptors (Lipinski definition) is 6. The van der Waals surface area contributed by atoms with Crippen molar-refractivity contribution in [1.82, 2.24) is 0 Å². The van der Waals surface area contributed by atoms with Gasteiger partial charge >= 0.3 is 5.97 Å². The molecule has 182 valence electrons. The van der Waals surface area contributed by atoms with E-state index in [4.69, 9.17) is 19.9 Å². The van der Waals surface area contributed by atoms with Gasteiger partial charge in [-0.25, -0.2) is 0 Å². The van der Waals surface area contributed by atoms with E-state index < -0.39 is 17.8 Å². The summed E-state index contributed by atoms with van der Waals surface area (Å²) in [6.45, 7) is 0. The molecule has 0 radical (unpaired) electrons. The topological polar surface area (TPSA) is 94.6 Å². The Morgan fingerprint density at radius 1 is 0.892 bits per heavy atom. The molecule has 0 bridgehead atoms. The van der Waals surface area contributed by atoms with E-state index >= 15 is 0 Å². The summed E-state index contributed by atoms with van der Waals surface area (Å²) in [4.78, 5) is 13.5. The number of rotatable bonds is 6. The summed E-state index contributed by atoms with van der Waals surface area (Å²) < 4.78 is 17.2. The maximum absolute atomic E-state index is 13.5. The van der Waals surface area contributed by atoms with Gasteiger partial charge in [0.05, 0.1) is 13.0 Å². The number of allylic oxidation sites excluding steroid dienone is 1. The first-order valence-corrected chi connectivity index (χ1v) is 11.8. The van der Waals surface area contributed by atoms with E-state index in [-0.39, 0.29) is 11.5 Å². The van der Waals surface area contributed by atoms with Gasteiger partial charge in [0.25, 0.3) is 0 Å². The molecule has 1 heterocycles. The molecule has 1 aliphatic rings. The molecule has 1 aliphatic heterocycles. The Balaban J connectivity index is 1.51. The average Bonchev–Trinajstić information content (AvgIpc) is 2.93. The zero-order valence-corrected chi connectivity index (χ0v) is 20.1. The number of esters is 1. The predicted molar refractivity (Wildman–Crippen MR) is 139 cm³/mol. The highest BCUT2D eigenvalue weighted by molar-refractivity contribution is 5.84. The van der Waals surface area contributed by atoms with Crippen LogP contribution in [0.15, 0.2) is 115 Å². The summed E-state index contributed by atoms with van der Waals surface area (Å²) in [6.07, 6.45) is 0. The van der Waals surface area contributed by atoms with E-state index in [1.807, 2.05) is 84.9 Å². The Morgan fingerprint density at radius 2 is 1.51 bits per heavy atom. The summed E-state index contributed by atoms with van der Waals surface area (Å²) >= 11 is 0. The third-order valence-electron chi connectivity index (χ3n) is 6.36. The Morgan fingerprint density at radius 3 is 2.14 bits per heavy atom. The number of benzene rings is 4. The number of methoxy groups -OCH3 is 1. The lowest BCUT2D eigenvalue weighted by Gasteiger charge is -2.27. The standard InChI is InChI=1S/C31H24N2O4/c1-35-26-15-9-8-14-23(26)29-24-17-16-22(18-27(24)37-30(33)25(29)19-32)36-31(34)28(20-10-4-2-5-11-20)21-12-6-3-7-13-21/h2-18,28-29H,33H2,1H3. The van der Waals surface area contributed by atoms with Crippen molar-refractivity contribution in [1.29, 1.82) is 5.26 Å². The molecular weight excluding hydrogens is 464 g/mol. The van der Waals surface area contributed by atoms with Gasteiger partial charge in [-0.3, -0.25) is 4.79 Å². The van der Waals surface area contributed by atoms with Crippen molar-refractivity contribution in [3.63, 3.8) is 0 Å². The predicted octanol–water partition coefficient (Wildman–Crippen LogP) is 5.65. The Bertz CT molecular complexity index is 1470. The number of fused-ring (bicyclic) bond motifs is 1. The molecule has 0 saturated carbocycles. The van der Waals surface area contributed by atoms with Crippen LogP contribution in [0.1, 0.15) is 34.1 Å². The maximum Gasteiger partial charge on any atom is 0.323 e. The van der Waals surface area contributed by atoms with Gasteiger partial charge in [0.2, 0.25) is 5.88 Å². The van der Waals surface area contributed by atoms with E-state index in [1.165, 1.54) is 0 Å². The van der Waals surface area contributed by atoms with Gasteiger partial charge in [-0.1, -0.05) is 84.9 Å². The number of nitrogens with two attached hydrogens (primary N) is 1. The van der Waals surface area contributed by atoms with Crippen LogP contribution >= 0.6 is 0 Å². The van der Waals surface area contributed by atoms with Gasteiger partial charge in [0.1, 0.15) is 34.8 Å². The first kappa shape index (κ1) is 23.7. The molecule has 0 spiro atoms. The first-order chi connectivity index (χ1) is 18.1. The van der Waals surface area contributed by atoms with Crippen molar-refractivity contribution < 1.29 is 19.0 Å². The SMILES string of the molecule is COc1ccccc1C1C(C#N)=C(N)Oc2cc(OC(=O)C(c3ccccc3)c3ccccc3)ccc21. The fraction of sp³-hybridized carbons (Fsp3) is 0.0968. The Hall–Kier alpha value is -5.02. The van der Waals surface area contributed by atoms with Crippen LogP contribution in [0.2, 0.25) is 0 Å². The average molecular weight is 489 g/mol. The minimum absolute atomic E-state index is 0.000769. The first-order valence-electron chi connectivity index (χ1n) is 11.8. The second kappa shape index (κ2) is 10.3. The molecule has 5 rings (SSSR count). The molecule has 37 heavy (non-hydrogen) atoms. The number of ether oxygens (including phenoxy) is 3. The van der Waals surface area contributed by atoms with Crippen LogP contribution in [0.4, 0.5) is 0 Å². The summed E-state index contributed by atoms with van der Waals surface area (Å²) in [7, 11) is 1.58. The quantitative estimate of drug-likeness (QED) is 0.278. The number of nitrogens with zero attached hydrogens (tertiary/aromatic N) is 1. The molecule has 0 amide bonds. The van der Waals surface area contributed by atoms with Crippen LogP contribution in [0.5, 0.6) is 17.2 Å². The molecule has 2 N–H and O–H groups in total. The highest BCUT2D eigenvalue weighted by Gasteiger charge is 2.33. The Kier molecular flexibility index (Phi) is 6.60. The molecule has 4 aromatic rings. The van der Waals surface area contributed by atoms with Gasteiger partial charge < -0.3 is 19.9 Å². The van der Waals surface area contributed by atoms with Crippen molar-refractivity contribution in [3.8, 4) is 23.3 Å². The molecule has 0 fully saturated rings. The minimum atomic E-state index is -0.601. The summed E-state index contributed by atoms with van der Waals surface area (Å²) in [6, 6.07) is 33.8. The molecular formula is C31H24N2O4. The number of carbonyl (C=O) groups excluding carboxylic acids is 1. The van der Waals surface area contributed by atoms with Crippen molar-refractivity contribution in [2.45, 2.75) is 11.8 Å². The Labute approximate surface area is 215 Å². The van der Waals surface area contributed by atoms with Gasteiger partial charge in [-0.05, 0) is 23.3 Å². The van der Waals surface area contributed by atoms with Crippen LogP contribution in [0.3, 0.4) is 0 Å². The van der Waals surface area contributed by atoms with E-state index in [0.29, 0.717) is 17.2 Å². The molecule has 1 atom stereocenters. The molecule has 4 aromatic carbocycles. The van der Waals surface area contributed by atoms with Crippen molar-refractivity contribution in [2.75, 3.05) is 7.11 Å². The molecule has 0 aliphatic carbocycles.